The zero-order chi connectivity index (χ0) is 25.4. The summed E-state index contributed by atoms with van der Waals surface area (Å²) >= 11 is 0. The highest BCUT2D eigenvalue weighted by atomic mass is 19.4. The number of amides is 2. The Bertz CT molecular complexity index is 1140. The Morgan fingerprint density at radius 2 is 1.71 bits per heavy atom. The van der Waals surface area contributed by atoms with Gasteiger partial charge in [0.15, 0.2) is 11.7 Å². The van der Waals surface area contributed by atoms with Crippen LogP contribution in [0.3, 0.4) is 0 Å². The second kappa shape index (κ2) is 9.43. The lowest BCUT2D eigenvalue weighted by atomic mass is 9.84. The first-order chi connectivity index (χ1) is 16.5. The third-order valence-corrected chi connectivity index (χ3v) is 6.90. The number of alkyl halides is 3. The fraction of sp³-hybridized carbons (Fsp3) is 0.423. The molecule has 2 aliphatic rings. The molecule has 0 bridgehead atoms. The van der Waals surface area contributed by atoms with Gasteiger partial charge in [0.1, 0.15) is 11.4 Å². The highest BCUT2D eigenvalue weighted by Crippen LogP contribution is 2.34. The number of carbonyl (C=O) groups excluding carboxylic acids is 3. The first-order valence-electron chi connectivity index (χ1n) is 11.6. The van der Waals surface area contributed by atoms with Crippen LogP contribution in [0.5, 0.6) is 0 Å². The number of hydrogen-bond donors (Lipinski definition) is 2. The van der Waals surface area contributed by atoms with Crippen LogP contribution in [0.1, 0.15) is 61.6 Å². The van der Waals surface area contributed by atoms with E-state index >= 15 is 0 Å². The van der Waals surface area contributed by atoms with Crippen molar-refractivity contribution in [2.75, 3.05) is 5.32 Å². The molecule has 2 fully saturated rings. The normalized spacial score (nSPS) is 23.3. The average molecular weight is 490 g/mol. The smallest absolute Gasteiger partial charge is 0.342 e. The molecule has 2 amide bonds. The van der Waals surface area contributed by atoms with Crippen LogP contribution in [0.15, 0.2) is 42.5 Å². The van der Waals surface area contributed by atoms with Gasteiger partial charge in [0, 0.05) is 12.1 Å². The molecule has 1 heterocycles. The van der Waals surface area contributed by atoms with Gasteiger partial charge in [0.05, 0.1) is 5.56 Å². The van der Waals surface area contributed by atoms with E-state index in [0.29, 0.717) is 29.8 Å². The lowest BCUT2D eigenvalue weighted by Gasteiger charge is -2.23. The van der Waals surface area contributed by atoms with Crippen LogP contribution in [0.25, 0.3) is 0 Å². The van der Waals surface area contributed by atoms with E-state index < -0.39 is 53.0 Å². The van der Waals surface area contributed by atoms with Gasteiger partial charge in [-0.05, 0) is 67.1 Å². The number of benzene rings is 2. The Kier molecular flexibility index (Phi) is 6.71. The van der Waals surface area contributed by atoms with E-state index in [9.17, 15) is 31.9 Å². The standard InChI is InChI=1S/C26H26F4N2O3/c1-25(14-17-13-18(26(28,29)30)9-12-20(17)27)22(33)21(24(35)32-25)23(34)31-19-10-7-16(8-11-19)15-5-3-2-4-6-15/h7-13,15,21H,2-6,14H2,1H3,(H,31,34)(H,32,35). The van der Waals surface area contributed by atoms with Crippen molar-refractivity contribution in [1.82, 2.24) is 5.32 Å². The molecule has 1 aliphatic carbocycles. The van der Waals surface area contributed by atoms with E-state index in [1.165, 1.54) is 31.7 Å². The van der Waals surface area contributed by atoms with E-state index in [4.69, 9.17) is 0 Å². The Balaban J connectivity index is 1.47. The van der Waals surface area contributed by atoms with Gasteiger partial charge in [-0.2, -0.15) is 13.2 Å². The highest BCUT2D eigenvalue weighted by Gasteiger charge is 2.53. The van der Waals surface area contributed by atoms with Gasteiger partial charge in [-0.15, -0.1) is 0 Å². The minimum absolute atomic E-state index is 0.379. The molecule has 2 aromatic rings. The van der Waals surface area contributed by atoms with Gasteiger partial charge in [0.25, 0.3) is 0 Å². The molecule has 0 aromatic heterocycles. The van der Waals surface area contributed by atoms with Crippen molar-refractivity contribution in [3.63, 3.8) is 0 Å². The Morgan fingerprint density at radius 3 is 2.34 bits per heavy atom. The average Bonchev–Trinajstić information content (AvgIpc) is 3.03. The first-order valence-corrected chi connectivity index (χ1v) is 11.6. The SMILES string of the molecule is CC1(Cc2cc(C(F)(F)F)ccc2F)NC(=O)C(C(=O)Nc2ccc(C3CCCCC3)cc2)C1=O. The number of hydrogen-bond acceptors (Lipinski definition) is 3. The van der Waals surface area contributed by atoms with Gasteiger partial charge in [-0.1, -0.05) is 31.4 Å². The molecule has 1 saturated carbocycles. The van der Waals surface area contributed by atoms with Gasteiger partial charge >= 0.3 is 6.18 Å². The molecule has 35 heavy (non-hydrogen) atoms. The predicted octanol–water partition coefficient (Wildman–Crippen LogP) is 5.15. The van der Waals surface area contributed by atoms with Gasteiger partial charge in [0.2, 0.25) is 11.8 Å². The molecule has 186 valence electrons. The van der Waals surface area contributed by atoms with E-state index in [2.05, 4.69) is 10.6 Å². The molecule has 4 rings (SSSR count). The summed E-state index contributed by atoms with van der Waals surface area (Å²) in [6.07, 6.45) is 0.632. The summed E-state index contributed by atoms with van der Waals surface area (Å²) in [7, 11) is 0. The number of halogens is 4. The monoisotopic (exact) mass is 490 g/mol. The van der Waals surface area contributed by atoms with Gasteiger partial charge < -0.3 is 10.6 Å². The van der Waals surface area contributed by atoms with E-state index in [1.54, 1.807) is 12.1 Å². The summed E-state index contributed by atoms with van der Waals surface area (Å²) in [5.74, 6) is -4.69. The van der Waals surface area contributed by atoms with E-state index in [0.717, 1.165) is 12.8 Å². The minimum atomic E-state index is -4.69. The molecule has 1 saturated heterocycles. The molecule has 2 unspecified atom stereocenters. The third-order valence-electron chi connectivity index (χ3n) is 6.90. The zero-order valence-corrected chi connectivity index (χ0v) is 19.2. The van der Waals surface area contributed by atoms with Crippen molar-refractivity contribution in [1.29, 1.82) is 0 Å². The molecular weight excluding hydrogens is 464 g/mol. The molecule has 2 N–H and O–H groups in total. The van der Waals surface area contributed by atoms with Crippen molar-refractivity contribution in [2.24, 2.45) is 5.92 Å². The van der Waals surface area contributed by atoms with Crippen molar-refractivity contribution in [3.05, 3.63) is 65.0 Å². The fourth-order valence-corrected chi connectivity index (χ4v) is 4.97. The summed E-state index contributed by atoms with van der Waals surface area (Å²) in [5, 5.41) is 4.96. The molecule has 2 atom stereocenters. The van der Waals surface area contributed by atoms with Crippen LogP contribution in [0.4, 0.5) is 23.2 Å². The summed E-state index contributed by atoms with van der Waals surface area (Å²) < 4.78 is 53.4. The number of nitrogens with one attached hydrogen (secondary N) is 2. The number of carbonyl (C=O) groups is 3. The summed E-state index contributed by atoms with van der Waals surface area (Å²) in [5.41, 5.74) is -1.58. The molecular formula is C26H26F4N2O3. The van der Waals surface area contributed by atoms with Gasteiger partial charge in [-0.3, -0.25) is 14.4 Å². The summed E-state index contributed by atoms with van der Waals surface area (Å²) in [6, 6.07) is 9.16. The van der Waals surface area contributed by atoms with E-state index in [-0.39, 0.29) is 5.56 Å². The quantitative estimate of drug-likeness (QED) is 0.450. The van der Waals surface area contributed by atoms with Crippen LogP contribution in [0, 0.1) is 11.7 Å². The number of rotatable bonds is 5. The zero-order valence-electron chi connectivity index (χ0n) is 19.2. The second-order valence-corrected chi connectivity index (χ2v) is 9.55. The van der Waals surface area contributed by atoms with Gasteiger partial charge in [-0.25, -0.2) is 4.39 Å². The lowest BCUT2D eigenvalue weighted by molar-refractivity contribution is -0.138. The largest absolute Gasteiger partial charge is 0.416 e. The summed E-state index contributed by atoms with van der Waals surface area (Å²) in [6.45, 7) is 1.28. The lowest BCUT2D eigenvalue weighted by Crippen LogP contribution is -2.46. The highest BCUT2D eigenvalue weighted by molar-refractivity contribution is 6.27. The van der Waals surface area contributed by atoms with Crippen molar-refractivity contribution < 1.29 is 31.9 Å². The van der Waals surface area contributed by atoms with Crippen molar-refractivity contribution >= 4 is 23.3 Å². The predicted molar refractivity (Wildman–Crippen MR) is 121 cm³/mol. The van der Waals surface area contributed by atoms with Crippen LogP contribution in [-0.2, 0) is 27.0 Å². The number of Topliss-reactive ketones (excluding diaryl/α,β-unsaturated/α-hetero) is 1. The Labute approximate surface area is 200 Å². The number of anilines is 1. The fourth-order valence-electron chi connectivity index (χ4n) is 4.97. The molecule has 9 heteroatoms. The summed E-state index contributed by atoms with van der Waals surface area (Å²) in [4.78, 5) is 38.4. The van der Waals surface area contributed by atoms with Crippen LogP contribution >= 0.6 is 0 Å². The van der Waals surface area contributed by atoms with Crippen molar-refractivity contribution in [3.8, 4) is 0 Å². The van der Waals surface area contributed by atoms with Crippen LogP contribution in [0.2, 0.25) is 0 Å². The Morgan fingerprint density at radius 1 is 1.06 bits per heavy atom. The molecule has 2 aromatic carbocycles. The molecule has 0 radical (unpaired) electrons. The molecule has 0 spiro atoms. The first kappa shape index (κ1) is 24.9. The van der Waals surface area contributed by atoms with Crippen LogP contribution < -0.4 is 10.6 Å². The maximum atomic E-state index is 14.2. The van der Waals surface area contributed by atoms with E-state index in [1.807, 2.05) is 12.1 Å². The maximum Gasteiger partial charge on any atom is 0.416 e. The minimum Gasteiger partial charge on any atom is -0.342 e. The topological polar surface area (TPSA) is 75.3 Å². The third kappa shape index (κ3) is 5.23. The maximum absolute atomic E-state index is 14.2. The van der Waals surface area contributed by atoms with Crippen LogP contribution in [-0.4, -0.2) is 23.1 Å². The molecule has 1 aliphatic heterocycles. The number of ketones is 1. The Hall–Kier alpha value is -3.23. The molecule has 5 nitrogen and oxygen atoms in total. The van der Waals surface area contributed by atoms with Crippen molar-refractivity contribution in [2.45, 2.75) is 63.1 Å². The second-order valence-electron chi connectivity index (χ2n) is 9.55.